The van der Waals surface area contributed by atoms with Gasteiger partial charge in [0.2, 0.25) is 0 Å². The Bertz CT molecular complexity index is 558. The number of carboxylic acid groups (broad SMARTS) is 1. The molecule has 1 atom stereocenters. The molecule has 0 aromatic heterocycles. The van der Waals surface area contributed by atoms with Crippen LogP contribution in [0.1, 0.15) is 23.7 Å². The molecule has 8 nitrogen and oxygen atoms in total. The minimum atomic E-state index is -0.972. The summed E-state index contributed by atoms with van der Waals surface area (Å²) in [7, 11) is 1.31. The number of hydrogen-bond donors (Lipinski definition) is 2. The molecule has 0 fully saturated rings. The average Bonchev–Trinajstić information content (AvgIpc) is 2.42. The smallest absolute Gasteiger partial charge is 0.303 e. The second kappa shape index (κ2) is 7.22. The van der Waals surface area contributed by atoms with Crippen molar-refractivity contribution in [3.05, 3.63) is 33.9 Å². The van der Waals surface area contributed by atoms with E-state index < -0.39 is 16.8 Å². The van der Waals surface area contributed by atoms with Crippen molar-refractivity contribution >= 4 is 17.6 Å². The third kappa shape index (κ3) is 4.44. The topological polar surface area (TPSA) is 119 Å². The number of benzene rings is 1. The van der Waals surface area contributed by atoms with E-state index in [9.17, 15) is 19.7 Å². The van der Waals surface area contributed by atoms with Crippen LogP contribution in [0, 0.1) is 16.0 Å². The lowest BCUT2D eigenvalue weighted by Gasteiger charge is -2.12. The molecule has 2 N–H and O–H groups in total. The normalized spacial score (nSPS) is 11.5. The number of aliphatic carboxylic acids is 1. The molecule has 8 heteroatoms. The van der Waals surface area contributed by atoms with Crippen molar-refractivity contribution in [2.75, 3.05) is 13.7 Å². The Kier molecular flexibility index (Phi) is 5.65. The van der Waals surface area contributed by atoms with Crippen LogP contribution >= 0.6 is 0 Å². The highest BCUT2D eigenvalue weighted by atomic mass is 16.6. The lowest BCUT2D eigenvalue weighted by molar-refractivity contribution is -0.385. The number of methoxy groups -OCH3 is 1. The van der Waals surface area contributed by atoms with Crippen LogP contribution in [0.3, 0.4) is 0 Å². The summed E-state index contributed by atoms with van der Waals surface area (Å²) in [5.41, 5.74) is -0.537. The number of nitro benzene ring substituents is 1. The standard InChI is InChI=1S/C13H16N2O6/c1-8(6-11(16)17)7-14-13(18)12-9(15(19)20)4-3-5-10(12)21-2/h3-5,8H,6-7H2,1-2H3,(H,14,18)(H,16,17). The fourth-order valence-corrected chi connectivity index (χ4v) is 1.80. The molecule has 0 heterocycles. The van der Waals surface area contributed by atoms with E-state index in [0.717, 1.165) is 0 Å². The van der Waals surface area contributed by atoms with Gasteiger partial charge in [0.05, 0.1) is 12.0 Å². The zero-order valence-corrected chi connectivity index (χ0v) is 11.7. The molecule has 1 unspecified atom stereocenters. The van der Waals surface area contributed by atoms with Gasteiger partial charge >= 0.3 is 5.97 Å². The number of nitrogens with zero attached hydrogens (tertiary/aromatic N) is 1. The molecule has 1 aromatic rings. The molecular weight excluding hydrogens is 280 g/mol. The van der Waals surface area contributed by atoms with Gasteiger partial charge in [0.1, 0.15) is 5.75 Å². The largest absolute Gasteiger partial charge is 0.496 e. The summed E-state index contributed by atoms with van der Waals surface area (Å²) in [6, 6.07) is 4.07. The molecule has 1 rings (SSSR count). The summed E-state index contributed by atoms with van der Waals surface area (Å²) >= 11 is 0. The van der Waals surface area contributed by atoms with Crippen molar-refractivity contribution in [3.8, 4) is 5.75 Å². The van der Waals surface area contributed by atoms with Gasteiger partial charge < -0.3 is 15.2 Å². The molecule has 0 aliphatic rings. The maximum atomic E-state index is 12.1. The first-order valence-corrected chi connectivity index (χ1v) is 6.18. The Morgan fingerprint density at radius 2 is 2.14 bits per heavy atom. The lowest BCUT2D eigenvalue weighted by atomic mass is 10.1. The summed E-state index contributed by atoms with van der Waals surface area (Å²) in [5.74, 6) is -1.84. The number of carboxylic acids is 1. The van der Waals surface area contributed by atoms with E-state index in [1.54, 1.807) is 6.92 Å². The molecule has 0 aliphatic heterocycles. The van der Waals surface area contributed by atoms with Gasteiger partial charge in [0.25, 0.3) is 11.6 Å². The van der Waals surface area contributed by atoms with E-state index in [-0.39, 0.29) is 35.9 Å². The Labute approximate surface area is 120 Å². The molecule has 21 heavy (non-hydrogen) atoms. The SMILES string of the molecule is COc1cccc([N+](=O)[O-])c1C(=O)NCC(C)CC(=O)O. The molecule has 1 aromatic carbocycles. The Morgan fingerprint density at radius 1 is 1.48 bits per heavy atom. The molecule has 0 saturated carbocycles. The number of carbonyl (C=O) groups excluding carboxylic acids is 1. The highest BCUT2D eigenvalue weighted by Crippen LogP contribution is 2.27. The Balaban J connectivity index is 2.91. The van der Waals surface area contributed by atoms with Crippen molar-refractivity contribution in [1.82, 2.24) is 5.32 Å². The highest BCUT2D eigenvalue weighted by molar-refractivity contribution is 6.00. The number of amides is 1. The minimum Gasteiger partial charge on any atom is -0.496 e. The van der Waals surface area contributed by atoms with Crippen LogP contribution < -0.4 is 10.1 Å². The van der Waals surface area contributed by atoms with Crippen LogP contribution in [0.2, 0.25) is 0 Å². The predicted molar refractivity (Wildman–Crippen MR) is 73.4 cm³/mol. The van der Waals surface area contributed by atoms with Gasteiger partial charge in [-0.25, -0.2) is 0 Å². The van der Waals surface area contributed by atoms with Crippen LogP contribution in [-0.2, 0) is 4.79 Å². The minimum absolute atomic E-state index is 0.0904. The average molecular weight is 296 g/mol. The van der Waals surface area contributed by atoms with E-state index >= 15 is 0 Å². The molecule has 1 amide bonds. The number of nitro groups is 1. The van der Waals surface area contributed by atoms with Crippen LogP contribution in [0.4, 0.5) is 5.69 Å². The number of hydrogen-bond acceptors (Lipinski definition) is 5. The van der Waals surface area contributed by atoms with Crippen LogP contribution in [0.15, 0.2) is 18.2 Å². The summed E-state index contributed by atoms with van der Waals surface area (Å²) < 4.78 is 4.97. The molecular formula is C13H16N2O6. The summed E-state index contributed by atoms with van der Waals surface area (Å²) in [6.07, 6.45) is -0.103. The number of nitrogens with one attached hydrogen (secondary N) is 1. The van der Waals surface area contributed by atoms with Crippen molar-refractivity contribution in [1.29, 1.82) is 0 Å². The molecule has 114 valence electrons. The fourth-order valence-electron chi connectivity index (χ4n) is 1.80. The van der Waals surface area contributed by atoms with Crippen molar-refractivity contribution in [3.63, 3.8) is 0 Å². The summed E-state index contributed by atoms with van der Waals surface area (Å²) in [5, 5.41) is 22.1. The number of ether oxygens (including phenoxy) is 1. The fraction of sp³-hybridized carbons (Fsp3) is 0.385. The first-order chi connectivity index (χ1) is 9.86. The molecule has 0 spiro atoms. The number of carbonyl (C=O) groups is 2. The van der Waals surface area contributed by atoms with Gasteiger partial charge in [0.15, 0.2) is 5.56 Å². The first kappa shape index (κ1) is 16.4. The van der Waals surface area contributed by atoms with Gasteiger partial charge in [-0.05, 0) is 12.0 Å². The zero-order valence-electron chi connectivity index (χ0n) is 11.7. The first-order valence-electron chi connectivity index (χ1n) is 6.18. The molecule has 0 bridgehead atoms. The molecule has 0 aliphatic carbocycles. The van der Waals surface area contributed by atoms with E-state index in [0.29, 0.717) is 0 Å². The number of rotatable bonds is 7. The van der Waals surface area contributed by atoms with Crippen molar-refractivity contribution in [2.45, 2.75) is 13.3 Å². The predicted octanol–water partition coefficient (Wildman–Crippen LogP) is 1.44. The van der Waals surface area contributed by atoms with Crippen LogP contribution in [-0.4, -0.2) is 35.6 Å². The summed E-state index contributed by atoms with van der Waals surface area (Å²) in [4.78, 5) is 32.9. The van der Waals surface area contributed by atoms with Crippen LogP contribution in [0.5, 0.6) is 5.75 Å². The van der Waals surface area contributed by atoms with E-state index in [1.807, 2.05) is 0 Å². The second-order valence-electron chi connectivity index (χ2n) is 4.52. The Hall–Kier alpha value is -2.64. The van der Waals surface area contributed by atoms with Gasteiger partial charge in [-0.1, -0.05) is 13.0 Å². The zero-order chi connectivity index (χ0) is 16.0. The Morgan fingerprint density at radius 3 is 2.67 bits per heavy atom. The quantitative estimate of drug-likeness (QED) is 0.580. The van der Waals surface area contributed by atoms with Crippen molar-refractivity contribution < 1.29 is 24.4 Å². The van der Waals surface area contributed by atoms with E-state index in [2.05, 4.69) is 5.32 Å². The highest BCUT2D eigenvalue weighted by Gasteiger charge is 2.25. The monoisotopic (exact) mass is 296 g/mol. The van der Waals surface area contributed by atoms with Crippen molar-refractivity contribution in [2.24, 2.45) is 5.92 Å². The van der Waals surface area contributed by atoms with Gasteiger partial charge in [0, 0.05) is 19.0 Å². The van der Waals surface area contributed by atoms with Gasteiger partial charge in [-0.2, -0.15) is 0 Å². The lowest BCUT2D eigenvalue weighted by Crippen LogP contribution is -2.30. The molecule has 0 saturated heterocycles. The second-order valence-corrected chi connectivity index (χ2v) is 4.52. The maximum Gasteiger partial charge on any atom is 0.303 e. The van der Waals surface area contributed by atoms with Crippen LogP contribution in [0.25, 0.3) is 0 Å². The molecule has 0 radical (unpaired) electrons. The van der Waals surface area contributed by atoms with Gasteiger partial charge in [-0.3, -0.25) is 19.7 Å². The third-order valence-electron chi connectivity index (χ3n) is 2.78. The van der Waals surface area contributed by atoms with E-state index in [4.69, 9.17) is 9.84 Å². The van der Waals surface area contributed by atoms with E-state index in [1.165, 1.54) is 25.3 Å². The summed E-state index contributed by atoms with van der Waals surface area (Å²) in [6.45, 7) is 1.76. The maximum absolute atomic E-state index is 12.1. The van der Waals surface area contributed by atoms with Gasteiger partial charge in [-0.15, -0.1) is 0 Å². The third-order valence-corrected chi connectivity index (χ3v) is 2.78.